The number of aromatic nitrogens is 1. The van der Waals surface area contributed by atoms with Crippen molar-refractivity contribution in [3.05, 3.63) is 29.6 Å². The molecular formula is C10H13N3. The molecule has 1 heterocycles. The summed E-state index contributed by atoms with van der Waals surface area (Å²) in [6, 6.07) is 4.37. The first-order valence-electron chi connectivity index (χ1n) is 4.52. The average molecular weight is 175 g/mol. The fourth-order valence-corrected chi connectivity index (χ4v) is 1.09. The van der Waals surface area contributed by atoms with Gasteiger partial charge in [-0.3, -0.25) is 9.98 Å². The predicted molar refractivity (Wildman–Crippen MR) is 52.7 cm³/mol. The van der Waals surface area contributed by atoms with Gasteiger partial charge in [-0.1, -0.05) is 6.07 Å². The second-order valence-corrected chi connectivity index (χ2v) is 3.47. The second kappa shape index (κ2) is 3.17. The van der Waals surface area contributed by atoms with Gasteiger partial charge in [0.15, 0.2) is 0 Å². The van der Waals surface area contributed by atoms with Gasteiger partial charge < -0.3 is 5.73 Å². The van der Waals surface area contributed by atoms with E-state index >= 15 is 0 Å². The number of nitrogens with zero attached hydrogens (tertiary/aromatic N) is 2. The van der Waals surface area contributed by atoms with Crippen LogP contribution in [0.2, 0.25) is 0 Å². The van der Waals surface area contributed by atoms with Crippen molar-refractivity contribution in [2.45, 2.75) is 25.8 Å². The van der Waals surface area contributed by atoms with Crippen molar-refractivity contribution in [2.75, 3.05) is 0 Å². The molecule has 13 heavy (non-hydrogen) atoms. The molecule has 68 valence electrons. The van der Waals surface area contributed by atoms with Crippen molar-refractivity contribution in [1.29, 1.82) is 0 Å². The fourth-order valence-electron chi connectivity index (χ4n) is 1.09. The van der Waals surface area contributed by atoms with E-state index < -0.39 is 0 Å². The zero-order valence-corrected chi connectivity index (χ0v) is 7.70. The van der Waals surface area contributed by atoms with E-state index in [0.717, 1.165) is 11.3 Å². The van der Waals surface area contributed by atoms with Gasteiger partial charge in [0.2, 0.25) is 0 Å². The van der Waals surface area contributed by atoms with Crippen LogP contribution >= 0.6 is 0 Å². The molecule has 0 unspecified atom stereocenters. The Bertz CT molecular complexity index is 323. The van der Waals surface area contributed by atoms with Crippen LogP contribution < -0.4 is 5.73 Å². The van der Waals surface area contributed by atoms with Crippen LogP contribution in [0.4, 0.5) is 0 Å². The molecule has 1 saturated carbocycles. The Labute approximate surface area is 77.7 Å². The minimum atomic E-state index is 0.461. The summed E-state index contributed by atoms with van der Waals surface area (Å²) in [6.07, 6.45) is 4.16. The van der Waals surface area contributed by atoms with Crippen LogP contribution in [-0.4, -0.2) is 16.9 Å². The molecule has 2 N–H and O–H groups in total. The highest BCUT2D eigenvalue weighted by atomic mass is 14.9. The molecule has 1 aromatic heterocycles. The van der Waals surface area contributed by atoms with Crippen LogP contribution in [0.3, 0.4) is 0 Å². The van der Waals surface area contributed by atoms with Crippen molar-refractivity contribution >= 4 is 5.84 Å². The topological polar surface area (TPSA) is 51.3 Å². The van der Waals surface area contributed by atoms with Gasteiger partial charge in [-0.15, -0.1) is 0 Å². The zero-order chi connectivity index (χ0) is 9.26. The summed E-state index contributed by atoms with van der Waals surface area (Å²) in [6.45, 7) is 2.00. The van der Waals surface area contributed by atoms with E-state index in [1.807, 2.05) is 25.3 Å². The molecule has 1 aliphatic carbocycles. The summed E-state index contributed by atoms with van der Waals surface area (Å²) in [5, 5.41) is 0. The maximum absolute atomic E-state index is 5.77. The van der Waals surface area contributed by atoms with E-state index in [1.165, 1.54) is 12.8 Å². The highest BCUT2D eigenvalue weighted by Crippen LogP contribution is 2.23. The van der Waals surface area contributed by atoms with Crippen molar-refractivity contribution in [3.8, 4) is 0 Å². The number of hydrogen-bond donors (Lipinski definition) is 1. The van der Waals surface area contributed by atoms with Gasteiger partial charge >= 0.3 is 0 Å². The third kappa shape index (κ3) is 2.05. The third-order valence-electron chi connectivity index (χ3n) is 2.04. The zero-order valence-electron chi connectivity index (χ0n) is 7.70. The molecule has 1 fully saturated rings. The van der Waals surface area contributed by atoms with Gasteiger partial charge in [0.05, 0.1) is 6.04 Å². The molecule has 0 radical (unpaired) electrons. The first kappa shape index (κ1) is 8.23. The quantitative estimate of drug-likeness (QED) is 0.543. The number of hydrogen-bond acceptors (Lipinski definition) is 2. The van der Waals surface area contributed by atoms with E-state index in [-0.39, 0.29) is 0 Å². The Kier molecular flexibility index (Phi) is 2.00. The number of amidine groups is 1. The summed E-state index contributed by atoms with van der Waals surface area (Å²) in [5.41, 5.74) is 7.70. The maximum atomic E-state index is 5.77. The lowest BCUT2D eigenvalue weighted by atomic mass is 10.2. The maximum Gasteiger partial charge on any atom is 0.144 e. The van der Waals surface area contributed by atoms with E-state index in [4.69, 9.17) is 5.73 Å². The molecule has 3 nitrogen and oxygen atoms in total. The SMILES string of the molecule is Cc1ccc(C(N)=NC2CC2)nc1. The van der Waals surface area contributed by atoms with E-state index in [0.29, 0.717) is 11.9 Å². The Morgan fingerprint density at radius 2 is 2.31 bits per heavy atom. The normalized spacial score (nSPS) is 17.5. The molecule has 0 aliphatic heterocycles. The third-order valence-corrected chi connectivity index (χ3v) is 2.04. The largest absolute Gasteiger partial charge is 0.382 e. The molecule has 1 aliphatic rings. The monoisotopic (exact) mass is 175 g/mol. The molecule has 0 bridgehead atoms. The number of aryl methyl sites for hydroxylation is 1. The Morgan fingerprint density at radius 3 is 2.85 bits per heavy atom. The fraction of sp³-hybridized carbons (Fsp3) is 0.400. The lowest BCUT2D eigenvalue weighted by Crippen LogP contribution is -2.15. The molecule has 0 aromatic carbocycles. The number of aliphatic imine (C=N–C) groups is 1. The van der Waals surface area contributed by atoms with Crippen LogP contribution in [0.25, 0.3) is 0 Å². The van der Waals surface area contributed by atoms with Crippen LogP contribution in [0.5, 0.6) is 0 Å². The molecule has 0 atom stereocenters. The van der Waals surface area contributed by atoms with Gasteiger partial charge in [-0.25, -0.2) is 0 Å². The van der Waals surface area contributed by atoms with Crippen LogP contribution in [0.15, 0.2) is 23.3 Å². The molecular weight excluding hydrogens is 162 g/mol. The smallest absolute Gasteiger partial charge is 0.144 e. The number of nitrogens with two attached hydrogens (primary N) is 1. The van der Waals surface area contributed by atoms with E-state index in [9.17, 15) is 0 Å². The summed E-state index contributed by atoms with van der Waals surface area (Å²) in [5.74, 6) is 0.572. The minimum Gasteiger partial charge on any atom is -0.382 e. The van der Waals surface area contributed by atoms with Gasteiger partial charge in [0.25, 0.3) is 0 Å². The first-order valence-corrected chi connectivity index (χ1v) is 4.52. The number of rotatable bonds is 2. The summed E-state index contributed by atoms with van der Waals surface area (Å²) in [7, 11) is 0. The van der Waals surface area contributed by atoms with E-state index in [2.05, 4.69) is 9.98 Å². The molecule has 2 rings (SSSR count). The van der Waals surface area contributed by atoms with Crippen molar-refractivity contribution in [1.82, 2.24) is 4.98 Å². The predicted octanol–water partition coefficient (Wildman–Crippen LogP) is 1.26. The van der Waals surface area contributed by atoms with Gasteiger partial charge in [0, 0.05) is 6.20 Å². The van der Waals surface area contributed by atoms with Gasteiger partial charge in [0.1, 0.15) is 11.5 Å². The van der Waals surface area contributed by atoms with Gasteiger partial charge in [-0.2, -0.15) is 0 Å². The van der Waals surface area contributed by atoms with Crippen molar-refractivity contribution in [3.63, 3.8) is 0 Å². The summed E-state index contributed by atoms with van der Waals surface area (Å²) < 4.78 is 0. The summed E-state index contributed by atoms with van der Waals surface area (Å²) >= 11 is 0. The molecule has 0 amide bonds. The van der Waals surface area contributed by atoms with Crippen LogP contribution in [0.1, 0.15) is 24.1 Å². The van der Waals surface area contributed by atoms with Crippen molar-refractivity contribution in [2.24, 2.45) is 10.7 Å². The highest BCUT2D eigenvalue weighted by Gasteiger charge is 2.20. The molecule has 3 heteroatoms. The van der Waals surface area contributed by atoms with E-state index in [1.54, 1.807) is 0 Å². The molecule has 0 spiro atoms. The first-order chi connectivity index (χ1) is 6.25. The second-order valence-electron chi connectivity index (χ2n) is 3.47. The average Bonchev–Trinajstić information content (AvgIpc) is 2.89. The Hall–Kier alpha value is -1.38. The van der Waals surface area contributed by atoms with Crippen LogP contribution in [0, 0.1) is 6.92 Å². The minimum absolute atomic E-state index is 0.461. The molecule has 1 aromatic rings. The van der Waals surface area contributed by atoms with Crippen LogP contribution in [-0.2, 0) is 0 Å². The summed E-state index contributed by atoms with van der Waals surface area (Å²) in [4.78, 5) is 8.52. The van der Waals surface area contributed by atoms with Crippen molar-refractivity contribution < 1.29 is 0 Å². The lowest BCUT2D eigenvalue weighted by molar-refractivity contribution is 1.05. The Balaban J connectivity index is 2.19. The van der Waals surface area contributed by atoms with Gasteiger partial charge in [-0.05, 0) is 31.4 Å². The lowest BCUT2D eigenvalue weighted by Gasteiger charge is -1.99. The Morgan fingerprint density at radius 1 is 1.54 bits per heavy atom. The number of pyridine rings is 1. The highest BCUT2D eigenvalue weighted by molar-refractivity contribution is 5.95. The standard InChI is InChI=1S/C10H13N3/c1-7-2-5-9(12-6-7)10(11)13-8-3-4-8/h2,5-6,8H,3-4H2,1H3,(H2,11,13). The molecule has 0 saturated heterocycles.